The van der Waals surface area contributed by atoms with Gasteiger partial charge in [0.15, 0.2) is 5.17 Å². The number of amides is 3. The highest BCUT2D eigenvalue weighted by Gasteiger charge is 2.32. The molecule has 1 aromatic rings. The molecular weight excluding hydrogens is 338 g/mol. The number of hydrogen-bond donors (Lipinski definition) is 1. The van der Waals surface area contributed by atoms with Gasteiger partial charge in [-0.25, -0.2) is 0 Å². The second kappa shape index (κ2) is 8.29. The van der Waals surface area contributed by atoms with E-state index in [1.807, 2.05) is 35.2 Å². The van der Waals surface area contributed by atoms with Crippen LogP contribution in [-0.4, -0.2) is 46.6 Å². The van der Waals surface area contributed by atoms with Crippen molar-refractivity contribution in [1.82, 2.24) is 10.2 Å². The lowest BCUT2D eigenvalue weighted by Crippen LogP contribution is -2.44. The predicted octanol–water partition coefficient (Wildman–Crippen LogP) is 1.60. The number of thioether (sulfide) groups is 1. The standard InChI is InChI=1S/C18H21N3O3S/c22-15(21-9-5-2-6-10-21)12-25-18-19-16(23)14(17(24)20-18)11-13-7-3-1-4-8-13/h1,3-4,7-8,14H,2,5-6,9-12H2,(H,19,20,23,24). The molecule has 1 saturated heterocycles. The Morgan fingerprint density at radius 3 is 2.56 bits per heavy atom. The zero-order chi connectivity index (χ0) is 17.6. The molecule has 7 heteroatoms. The lowest BCUT2D eigenvalue weighted by molar-refractivity contribution is -0.133. The fourth-order valence-corrected chi connectivity index (χ4v) is 3.74. The van der Waals surface area contributed by atoms with Crippen LogP contribution < -0.4 is 5.32 Å². The Hall–Kier alpha value is -2.15. The molecule has 6 nitrogen and oxygen atoms in total. The van der Waals surface area contributed by atoms with E-state index in [-0.39, 0.29) is 22.7 Å². The van der Waals surface area contributed by atoms with E-state index in [2.05, 4.69) is 10.3 Å². The van der Waals surface area contributed by atoms with Crippen LogP contribution in [0.4, 0.5) is 0 Å². The van der Waals surface area contributed by atoms with Gasteiger partial charge in [0.25, 0.3) is 5.91 Å². The smallest absolute Gasteiger partial charge is 0.261 e. The van der Waals surface area contributed by atoms with Gasteiger partial charge in [0, 0.05) is 13.1 Å². The molecule has 2 aliphatic rings. The number of piperidine rings is 1. The van der Waals surface area contributed by atoms with Crippen molar-refractivity contribution in [2.75, 3.05) is 18.8 Å². The first kappa shape index (κ1) is 17.7. The number of aliphatic imine (C=N–C) groups is 1. The molecule has 0 bridgehead atoms. The monoisotopic (exact) mass is 359 g/mol. The van der Waals surface area contributed by atoms with E-state index < -0.39 is 11.8 Å². The summed E-state index contributed by atoms with van der Waals surface area (Å²) in [6, 6.07) is 9.39. The number of hydrogen-bond acceptors (Lipinski definition) is 4. The minimum atomic E-state index is -0.801. The quantitative estimate of drug-likeness (QED) is 0.829. The SMILES string of the molecule is O=C1N=C(SCC(=O)N2CCCCC2)NC(=O)[C@H]1Cc1ccccc1. The molecule has 132 valence electrons. The second-order valence-corrected chi connectivity index (χ2v) is 7.18. The molecule has 3 amide bonds. The highest BCUT2D eigenvalue weighted by Crippen LogP contribution is 2.17. The highest BCUT2D eigenvalue weighted by atomic mass is 32.2. The summed E-state index contributed by atoms with van der Waals surface area (Å²) in [4.78, 5) is 42.4. The van der Waals surface area contributed by atoms with E-state index in [1.165, 1.54) is 0 Å². The third kappa shape index (κ3) is 4.69. The van der Waals surface area contributed by atoms with Gasteiger partial charge in [0.1, 0.15) is 5.92 Å². The molecule has 0 saturated carbocycles. The van der Waals surface area contributed by atoms with Crippen LogP contribution in [0, 0.1) is 5.92 Å². The summed E-state index contributed by atoms with van der Waals surface area (Å²) in [7, 11) is 0. The summed E-state index contributed by atoms with van der Waals surface area (Å²) < 4.78 is 0. The van der Waals surface area contributed by atoms with E-state index in [0.717, 1.165) is 49.7 Å². The Labute approximate surface area is 151 Å². The first-order valence-electron chi connectivity index (χ1n) is 8.51. The van der Waals surface area contributed by atoms with Gasteiger partial charge in [0.05, 0.1) is 5.75 Å². The average molecular weight is 359 g/mol. The lowest BCUT2D eigenvalue weighted by atomic mass is 9.97. The molecule has 1 atom stereocenters. The van der Waals surface area contributed by atoms with Crippen LogP contribution in [0.5, 0.6) is 0 Å². The fraction of sp³-hybridized carbons (Fsp3) is 0.444. The maximum atomic E-state index is 12.2. The van der Waals surface area contributed by atoms with Gasteiger partial charge in [-0.2, -0.15) is 4.99 Å². The maximum absolute atomic E-state index is 12.2. The fourth-order valence-electron chi connectivity index (χ4n) is 2.97. The Morgan fingerprint density at radius 2 is 1.88 bits per heavy atom. The van der Waals surface area contributed by atoms with Crippen molar-refractivity contribution in [3.63, 3.8) is 0 Å². The van der Waals surface area contributed by atoms with E-state index in [1.54, 1.807) is 0 Å². The van der Waals surface area contributed by atoms with Crippen LogP contribution in [0.3, 0.4) is 0 Å². The molecule has 0 aliphatic carbocycles. The molecular formula is C18H21N3O3S. The zero-order valence-corrected chi connectivity index (χ0v) is 14.8. The topological polar surface area (TPSA) is 78.8 Å². The van der Waals surface area contributed by atoms with E-state index in [4.69, 9.17) is 0 Å². The largest absolute Gasteiger partial charge is 0.342 e. The van der Waals surface area contributed by atoms with Crippen molar-refractivity contribution in [3.8, 4) is 0 Å². The number of nitrogens with zero attached hydrogens (tertiary/aromatic N) is 2. The maximum Gasteiger partial charge on any atom is 0.261 e. The van der Waals surface area contributed by atoms with Gasteiger partial charge < -0.3 is 10.2 Å². The Bertz CT molecular complexity index is 684. The van der Waals surface area contributed by atoms with Gasteiger partial charge in [-0.3, -0.25) is 14.4 Å². The van der Waals surface area contributed by atoms with Gasteiger partial charge in [-0.1, -0.05) is 42.1 Å². The van der Waals surface area contributed by atoms with Crippen LogP contribution >= 0.6 is 11.8 Å². The van der Waals surface area contributed by atoms with Crippen LogP contribution in [0.25, 0.3) is 0 Å². The summed E-state index contributed by atoms with van der Waals surface area (Å²) in [5, 5.41) is 2.88. The van der Waals surface area contributed by atoms with Crippen LogP contribution in [0.2, 0.25) is 0 Å². The number of nitrogens with one attached hydrogen (secondary N) is 1. The number of benzene rings is 1. The Balaban J connectivity index is 1.55. The number of rotatable bonds is 4. The van der Waals surface area contributed by atoms with Crippen molar-refractivity contribution >= 4 is 34.7 Å². The average Bonchev–Trinajstić information content (AvgIpc) is 2.64. The third-order valence-electron chi connectivity index (χ3n) is 4.38. The molecule has 0 aromatic heterocycles. The van der Waals surface area contributed by atoms with E-state index in [0.29, 0.717) is 6.42 Å². The summed E-state index contributed by atoms with van der Waals surface area (Å²) >= 11 is 1.12. The Morgan fingerprint density at radius 1 is 1.16 bits per heavy atom. The molecule has 1 aromatic carbocycles. The van der Waals surface area contributed by atoms with E-state index >= 15 is 0 Å². The van der Waals surface area contributed by atoms with E-state index in [9.17, 15) is 14.4 Å². The van der Waals surface area contributed by atoms with Crippen molar-refractivity contribution in [2.45, 2.75) is 25.7 Å². The second-order valence-electron chi connectivity index (χ2n) is 6.22. The molecule has 0 spiro atoms. The van der Waals surface area contributed by atoms with Gasteiger partial charge in [0.2, 0.25) is 11.8 Å². The molecule has 25 heavy (non-hydrogen) atoms. The molecule has 0 unspecified atom stereocenters. The third-order valence-corrected chi connectivity index (χ3v) is 5.24. The number of likely N-dealkylation sites (tertiary alicyclic amines) is 1. The van der Waals surface area contributed by atoms with Crippen molar-refractivity contribution in [2.24, 2.45) is 10.9 Å². The summed E-state index contributed by atoms with van der Waals surface area (Å²) in [6.07, 6.45) is 3.57. The number of amidine groups is 1. The summed E-state index contributed by atoms with van der Waals surface area (Å²) in [6.45, 7) is 1.58. The summed E-state index contributed by atoms with van der Waals surface area (Å²) in [5.41, 5.74) is 0.919. The number of carbonyl (C=O) groups excluding carboxylic acids is 3. The van der Waals surface area contributed by atoms with Gasteiger partial charge in [-0.15, -0.1) is 0 Å². The molecule has 2 heterocycles. The predicted molar refractivity (Wildman–Crippen MR) is 97.1 cm³/mol. The first-order chi connectivity index (χ1) is 12.1. The minimum Gasteiger partial charge on any atom is -0.342 e. The lowest BCUT2D eigenvalue weighted by Gasteiger charge is -2.27. The molecule has 0 radical (unpaired) electrons. The normalized spacial score (nSPS) is 20.9. The molecule has 3 rings (SSSR count). The van der Waals surface area contributed by atoms with Crippen molar-refractivity contribution < 1.29 is 14.4 Å². The molecule has 1 N–H and O–H groups in total. The van der Waals surface area contributed by atoms with Gasteiger partial charge >= 0.3 is 0 Å². The summed E-state index contributed by atoms with van der Waals surface area (Å²) in [5.74, 6) is -1.38. The van der Waals surface area contributed by atoms with Gasteiger partial charge in [-0.05, 0) is 31.2 Å². The Kier molecular flexibility index (Phi) is 5.86. The molecule has 2 aliphatic heterocycles. The van der Waals surface area contributed by atoms with Crippen LogP contribution in [0.15, 0.2) is 35.3 Å². The van der Waals surface area contributed by atoms with Crippen LogP contribution in [0.1, 0.15) is 24.8 Å². The zero-order valence-electron chi connectivity index (χ0n) is 13.9. The minimum absolute atomic E-state index is 0.0282. The number of carbonyl (C=O) groups is 3. The molecule has 1 fully saturated rings. The van der Waals surface area contributed by atoms with Crippen molar-refractivity contribution in [1.29, 1.82) is 0 Å². The van der Waals surface area contributed by atoms with Crippen molar-refractivity contribution in [3.05, 3.63) is 35.9 Å². The highest BCUT2D eigenvalue weighted by molar-refractivity contribution is 8.14. The van der Waals surface area contributed by atoms with Crippen LogP contribution in [-0.2, 0) is 20.8 Å². The first-order valence-corrected chi connectivity index (χ1v) is 9.50.